The second kappa shape index (κ2) is 10.3. The van der Waals surface area contributed by atoms with E-state index >= 15 is 4.39 Å². The van der Waals surface area contributed by atoms with E-state index in [2.05, 4.69) is 32.7 Å². The third-order valence-corrected chi connectivity index (χ3v) is 7.28. The minimum absolute atomic E-state index is 0.0636. The average molecular weight is 499 g/mol. The Morgan fingerprint density at radius 2 is 2.00 bits per heavy atom. The van der Waals surface area contributed by atoms with Crippen LogP contribution in [0.3, 0.4) is 0 Å². The lowest BCUT2D eigenvalue weighted by Crippen LogP contribution is -2.37. The highest BCUT2D eigenvalue weighted by Crippen LogP contribution is 2.45. The van der Waals surface area contributed by atoms with E-state index in [4.69, 9.17) is 15.4 Å². The number of nitrogens with one attached hydrogen (secondary N) is 3. The van der Waals surface area contributed by atoms with Gasteiger partial charge in [-0.15, -0.1) is 5.10 Å². The Morgan fingerprint density at radius 1 is 1.22 bits per heavy atom. The molecule has 0 spiro atoms. The molecule has 1 aliphatic heterocycles. The monoisotopic (exact) mass is 498 g/mol. The number of anilines is 2. The molecule has 0 unspecified atom stereocenters. The number of piperidine rings is 1. The van der Waals surface area contributed by atoms with Gasteiger partial charge in [-0.3, -0.25) is 0 Å². The number of likely N-dealkylation sites (tertiary alicyclic amines) is 1. The van der Waals surface area contributed by atoms with Gasteiger partial charge in [-0.2, -0.15) is 10.1 Å². The number of hydrogen-bond donors (Lipinski definition) is 3. The first-order valence-corrected chi connectivity index (χ1v) is 12.5. The first-order valence-electron chi connectivity index (χ1n) is 12.5. The predicted molar refractivity (Wildman–Crippen MR) is 135 cm³/mol. The van der Waals surface area contributed by atoms with Crippen LogP contribution in [0.5, 0.6) is 5.88 Å². The van der Waals surface area contributed by atoms with Crippen LogP contribution in [0.2, 0.25) is 0 Å². The molecule has 1 aromatic carbocycles. The lowest BCUT2D eigenvalue weighted by Gasteiger charge is -2.29. The third-order valence-electron chi connectivity index (χ3n) is 7.28. The van der Waals surface area contributed by atoms with Crippen molar-refractivity contribution < 1.29 is 13.5 Å². The minimum Gasteiger partial charge on any atom is -0.479 e. The fourth-order valence-corrected chi connectivity index (χ4v) is 5.07. The summed E-state index contributed by atoms with van der Waals surface area (Å²) in [6.45, 7) is 1.47. The zero-order valence-corrected chi connectivity index (χ0v) is 20.7. The number of nitrogens with zero attached hydrogens (tertiary/aromatic N) is 5. The summed E-state index contributed by atoms with van der Waals surface area (Å²) in [7, 11) is 3.63. The Kier molecular flexibility index (Phi) is 6.99. The van der Waals surface area contributed by atoms with Gasteiger partial charge in [0.2, 0.25) is 11.8 Å². The van der Waals surface area contributed by atoms with Crippen molar-refractivity contribution in [1.29, 1.82) is 5.53 Å². The highest BCUT2D eigenvalue weighted by molar-refractivity contribution is 5.89. The van der Waals surface area contributed by atoms with Crippen LogP contribution in [0.25, 0.3) is 16.6 Å². The molecule has 1 saturated heterocycles. The van der Waals surface area contributed by atoms with Crippen LogP contribution in [0.15, 0.2) is 23.3 Å². The summed E-state index contributed by atoms with van der Waals surface area (Å²) < 4.78 is 36.4. The van der Waals surface area contributed by atoms with Crippen LogP contribution in [-0.4, -0.2) is 66.0 Å². The number of fused-ring (bicyclic) bond motifs is 1. The Bertz CT molecular complexity index is 1250. The van der Waals surface area contributed by atoms with E-state index in [0.717, 1.165) is 45.2 Å². The zero-order chi connectivity index (χ0) is 25.2. The van der Waals surface area contributed by atoms with Gasteiger partial charge in [0.05, 0.1) is 24.1 Å². The van der Waals surface area contributed by atoms with E-state index in [1.165, 1.54) is 7.11 Å². The zero-order valence-electron chi connectivity index (χ0n) is 20.7. The summed E-state index contributed by atoms with van der Waals surface area (Å²) >= 11 is 0. The number of aromatic nitrogens is 3. The smallest absolute Gasteiger partial charge is 0.244 e. The minimum atomic E-state index is -0.578. The molecule has 9 nitrogen and oxygen atoms in total. The van der Waals surface area contributed by atoms with Crippen LogP contribution < -0.4 is 15.4 Å². The van der Waals surface area contributed by atoms with Crippen molar-refractivity contribution in [3.8, 4) is 17.0 Å². The molecule has 3 heterocycles. The first kappa shape index (κ1) is 24.4. The largest absolute Gasteiger partial charge is 0.479 e. The molecule has 2 aromatic heterocycles. The summed E-state index contributed by atoms with van der Waals surface area (Å²) in [6.07, 6.45) is 4.79. The molecule has 2 fully saturated rings. The van der Waals surface area contributed by atoms with Crippen molar-refractivity contribution in [3.63, 3.8) is 0 Å². The fraction of sp³-hybridized carbons (Fsp3) is 0.520. The van der Waals surface area contributed by atoms with Gasteiger partial charge in [-0.05, 0) is 63.5 Å². The highest BCUT2D eigenvalue weighted by Gasteiger charge is 2.33. The third kappa shape index (κ3) is 4.47. The molecule has 5 rings (SSSR count). The molecular weight excluding hydrogens is 466 g/mol. The molecule has 36 heavy (non-hydrogen) atoms. The van der Waals surface area contributed by atoms with Gasteiger partial charge in [0.1, 0.15) is 17.9 Å². The van der Waals surface area contributed by atoms with Crippen molar-refractivity contribution in [2.75, 3.05) is 51.1 Å². The molecule has 0 atom stereocenters. The number of rotatable bonds is 9. The number of hydrogen-bond acceptors (Lipinski definition) is 8. The van der Waals surface area contributed by atoms with Crippen molar-refractivity contribution in [2.24, 2.45) is 5.11 Å². The molecule has 3 N–H and O–H groups in total. The Morgan fingerprint density at radius 3 is 2.64 bits per heavy atom. The molecule has 1 aliphatic carbocycles. The van der Waals surface area contributed by atoms with Gasteiger partial charge >= 0.3 is 0 Å². The van der Waals surface area contributed by atoms with Crippen molar-refractivity contribution in [2.45, 2.75) is 44.1 Å². The van der Waals surface area contributed by atoms with Crippen molar-refractivity contribution >= 4 is 22.8 Å². The van der Waals surface area contributed by atoms with Gasteiger partial charge in [0.15, 0.2) is 5.82 Å². The molecule has 0 bridgehead atoms. The van der Waals surface area contributed by atoms with Crippen molar-refractivity contribution in [1.82, 2.24) is 19.5 Å². The highest BCUT2D eigenvalue weighted by atomic mass is 19.1. The first-order chi connectivity index (χ1) is 17.5. The maximum absolute atomic E-state index is 16.2. The van der Waals surface area contributed by atoms with Gasteiger partial charge in [-0.25, -0.2) is 18.8 Å². The molecule has 192 valence electrons. The molecule has 11 heteroatoms. The lowest BCUT2D eigenvalue weighted by molar-refractivity contribution is 0.263. The standard InChI is InChI=1S/C25H32F2N8O/c1-34-12-8-17(9-13-34)30-25-31-24(36-2)23-20(21(27)22(35(23)33-25)15-4-3-5-15)16-6-7-18(32-28)19(14-16)29-11-10-26/h6-7,14-15,17,28-29H,3-5,8-13H2,1-2H3,(H,30,33). The molecular formula is C25H32F2N8O. The van der Waals surface area contributed by atoms with Crippen LogP contribution in [0.1, 0.15) is 43.7 Å². The van der Waals surface area contributed by atoms with Gasteiger partial charge in [-0.1, -0.05) is 12.5 Å². The van der Waals surface area contributed by atoms with E-state index in [-0.39, 0.29) is 30.2 Å². The van der Waals surface area contributed by atoms with Gasteiger partial charge in [0, 0.05) is 18.5 Å². The van der Waals surface area contributed by atoms with Crippen molar-refractivity contribution in [3.05, 3.63) is 29.7 Å². The van der Waals surface area contributed by atoms with E-state index < -0.39 is 6.67 Å². The van der Waals surface area contributed by atoms with Crippen LogP contribution in [0, 0.1) is 11.3 Å². The maximum Gasteiger partial charge on any atom is 0.244 e. The van der Waals surface area contributed by atoms with E-state index in [1.807, 2.05) is 0 Å². The SMILES string of the molecule is COc1nc(NC2CCN(C)CC2)nn2c(C3CCC3)c(F)c(-c3ccc(N=N)c(NCCF)c3)c12. The summed E-state index contributed by atoms with van der Waals surface area (Å²) in [5.74, 6) is 0.418. The number of methoxy groups -OCH3 is 1. The van der Waals surface area contributed by atoms with E-state index in [9.17, 15) is 4.39 Å². The fourth-order valence-electron chi connectivity index (χ4n) is 5.07. The molecule has 0 amide bonds. The lowest BCUT2D eigenvalue weighted by atomic mass is 9.82. The number of alkyl halides is 1. The number of ether oxygens (including phenoxy) is 1. The Hall–Kier alpha value is -3.34. The van der Waals surface area contributed by atoms with Crippen LogP contribution in [0.4, 0.5) is 26.1 Å². The second-order valence-electron chi connectivity index (χ2n) is 9.59. The predicted octanol–water partition coefficient (Wildman–Crippen LogP) is 5.36. The normalized spacial score (nSPS) is 17.2. The number of benzene rings is 1. The molecule has 3 aromatic rings. The quantitative estimate of drug-likeness (QED) is 0.343. The van der Waals surface area contributed by atoms with Gasteiger partial charge in [0.25, 0.3) is 0 Å². The summed E-state index contributed by atoms with van der Waals surface area (Å²) in [4.78, 5) is 6.92. The van der Waals surface area contributed by atoms with Gasteiger partial charge < -0.3 is 20.3 Å². The van der Waals surface area contributed by atoms with Crippen LogP contribution >= 0.6 is 0 Å². The van der Waals surface area contributed by atoms with E-state index in [0.29, 0.717) is 39.7 Å². The summed E-state index contributed by atoms with van der Waals surface area (Å²) in [5.41, 5.74) is 10.1. The Labute approximate surface area is 208 Å². The summed E-state index contributed by atoms with van der Waals surface area (Å²) in [5, 5.41) is 14.6. The number of halogens is 2. The van der Waals surface area contributed by atoms with Crippen LogP contribution in [-0.2, 0) is 0 Å². The maximum atomic E-state index is 16.2. The topological polar surface area (TPSA) is 103 Å². The Balaban J connectivity index is 1.64. The second-order valence-corrected chi connectivity index (χ2v) is 9.59. The molecule has 0 radical (unpaired) electrons. The van der Waals surface area contributed by atoms with E-state index in [1.54, 1.807) is 22.7 Å². The summed E-state index contributed by atoms with van der Waals surface area (Å²) in [6, 6.07) is 5.26. The average Bonchev–Trinajstić information content (AvgIpc) is 3.14. The molecule has 2 aliphatic rings. The molecule has 1 saturated carbocycles.